The van der Waals surface area contributed by atoms with Crippen LogP contribution in [0.1, 0.15) is 42.5 Å². The number of nitrogens with one attached hydrogen (secondary N) is 1. The number of carbonyl (C=O) groups excluding carboxylic acids is 2. The number of nitrogens with zero attached hydrogens (tertiary/aromatic N) is 2. The molecule has 2 fully saturated rings. The van der Waals surface area contributed by atoms with Gasteiger partial charge in [-0.1, -0.05) is 12.1 Å². The van der Waals surface area contributed by atoms with Gasteiger partial charge in [-0.05, 0) is 50.3 Å². The smallest absolute Gasteiger partial charge is 0.255 e. The van der Waals surface area contributed by atoms with E-state index in [1.807, 2.05) is 24.3 Å². The summed E-state index contributed by atoms with van der Waals surface area (Å²) >= 11 is 0. The number of benzene rings is 1. The molecule has 0 bridgehead atoms. The van der Waals surface area contributed by atoms with Gasteiger partial charge in [0.1, 0.15) is 6.10 Å². The lowest BCUT2D eigenvalue weighted by Gasteiger charge is -2.33. The Hall–Kier alpha value is -3.09. The van der Waals surface area contributed by atoms with Crippen LogP contribution < -0.4 is 20.7 Å². The minimum absolute atomic E-state index is 0.0705. The monoisotopic (exact) mass is 394 g/mol. The number of primary amides is 1. The van der Waals surface area contributed by atoms with Crippen molar-refractivity contribution in [3.63, 3.8) is 0 Å². The minimum atomic E-state index is -0.233. The van der Waals surface area contributed by atoms with Crippen molar-refractivity contribution < 1.29 is 14.3 Å². The lowest BCUT2D eigenvalue weighted by atomic mass is 9.96. The first-order valence-corrected chi connectivity index (χ1v) is 10.2. The Bertz CT molecular complexity index is 889. The van der Waals surface area contributed by atoms with Crippen LogP contribution in [0.2, 0.25) is 0 Å². The van der Waals surface area contributed by atoms with Gasteiger partial charge < -0.3 is 20.7 Å². The molecule has 152 valence electrons. The van der Waals surface area contributed by atoms with Gasteiger partial charge in [-0.15, -0.1) is 0 Å². The summed E-state index contributed by atoms with van der Waals surface area (Å²) in [6, 6.07) is 11.1. The second-order valence-electron chi connectivity index (χ2n) is 7.69. The quantitative estimate of drug-likeness (QED) is 0.785. The molecule has 0 radical (unpaired) electrons. The van der Waals surface area contributed by atoms with Crippen molar-refractivity contribution in [2.45, 2.75) is 38.2 Å². The molecule has 1 saturated heterocycles. The highest BCUT2D eigenvalue weighted by molar-refractivity contribution is 6.06. The van der Waals surface area contributed by atoms with E-state index in [9.17, 15) is 9.59 Å². The standard InChI is InChI=1S/C22H26N4O3/c23-21(27)15-9-12-26(13-10-15)19-7-2-1-6-18(19)25-22(28)16-8-11-24-20(14-16)29-17-4-3-5-17/h1-2,6-8,11,14-15,17H,3-5,9-10,12-13H2,(H2,23,27)(H,25,28). The Kier molecular flexibility index (Phi) is 5.64. The number of nitrogens with two attached hydrogens (primary N) is 1. The Balaban J connectivity index is 1.45. The zero-order valence-electron chi connectivity index (χ0n) is 16.3. The normalized spacial score (nSPS) is 17.4. The molecule has 2 amide bonds. The summed E-state index contributed by atoms with van der Waals surface area (Å²) in [5.41, 5.74) is 7.64. The molecule has 1 aliphatic carbocycles. The highest BCUT2D eigenvalue weighted by Crippen LogP contribution is 2.30. The van der Waals surface area contributed by atoms with Crippen LogP contribution in [0.25, 0.3) is 0 Å². The highest BCUT2D eigenvalue weighted by Gasteiger charge is 2.25. The maximum atomic E-state index is 12.8. The molecule has 0 spiro atoms. The summed E-state index contributed by atoms with van der Waals surface area (Å²) in [6.45, 7) is 1.46. The van der Waals surface area contributed by atoms with E-state index in [1.165, 1.54) is 6.42 Å². The number of pyridine rings is 1. The summed E-state index contributed by atoms with van der Waals surface area (Å²) < 4.78 is 5.80. The number of carbonyl (C=O) groups is 2. The number of hydrogen-bond donors (Lipinski definition) is 2. The van der Waals surface area contributed by atoms with Gasteiger partial charge in [0.2, 0.25) is 11.8 Å². The molecule has 2 aromatic rings. The maximum Gasteiger partial charge on any atom is 0.255 e. The topological polar surface area (TPSA) is 97.6 Å². The molecule has 1 aromatic carbocycles. The molecule has 2 aliphatic rings. The van der Waals surface area contributed by atoms with Crippen LogP contribution in [0.3, 0.4) is 0 Å². The van der Waals surface area contributed by atoms with Crippen LogP contribution in [0.5, 0.6) is 5.88 Å². The third-order valence-corrected chi connectivity index (χ3v) is 5.73. The first kappa shape index (κ1) is 19.2. The number of ether oxygens (including phenoxy) is 1. The summed E-state index contributed by atoms with van der Waals surface area (Å²) in [6.07, 6.45) is 6.52. The van der Waals surface area contributed by atoms with Crippen molar-refractivity contribution in [1.29, 1.82) is 0 Å². The zero-order valence-corrected chi connectivity index (χ0v) is 16.3. The van der Waals surface area contributed by atoms with Gasteiger partial charge in [0, 0.05) is 36.8 Å². The number of rotatable bonds is 6. The number of aromatic nitrogens is 1. The highest BCUT2D eigenvalue weighted by atomic mass is 16.5. The molecule has 1 aromatic heterocycles. The van der Waals surface area contributed by atoms with Crippen molar-refractivity contribution in [2.75, 3.05) is 23.3 Å². The van der Waals surface area contributed by atoms with Gasteiger partial charge in [0.25, 0.3) is 5.91 Å². The SMILES string of the molecule is NC(=O)C1CCN(c2ccccc2NC(=O)c2ccnc(OC3CCC3)c2)CC1. The summed E-state index contributed by atoms with van der Waals surface area (Å²) in [7, 11) is 0. The lowest BCUT2D eigenvalue weighted by molar-refractivity contribution is -0.122. The van der Waals surface area contributed by atoms with Crippen LogP contribution in [0.15, 0.2) is 42.6 Å². The molecule has 0 atom stereocenters. The summed E-state index contributed by atoms with van der Waals surface area (Å²) in [4.78, 5) is 30.7. The fourth-order valence-corrected chi connectivity index (χ4v) is 3.73. The van der Waals surface area contributed by atoms with Crippen molar-refractivity contribution >= 4 is 23.2 Å². The molecule has 7 heteroatoms. The number of piperidine rings is 1. The molecule has 4 rings (SSSR count). The van der Waals surface area contributed by atoms with Crippen LogP contribution in [0.4, 0.5) is 11.4 Å². The van der Waals surface area contributed by atoms with E-state index >= 15 is 0 Å². The van der Waals surface area contributed by atoms with Gasteiger partial charge in [-0.2, -0.15) is 0 Å². The number of hydrogen-bond acceptors (Lipinski definition) is 5. The molecule has 1 saturated carbocycles. The van der Waals surface area contributed by atoms with E-state index in [4.69, 9.17) is 10.5 Å². The summed E-state index contributed by atoms with van der Waals surface area (Å²) in [5, 5.41) is 3.01. The second-order valence-corrected chi connectivity index (χ2v) is 7.69. The third-order valence-electron chi connectivity index (χ3n) is 5.73. The Morgan fingerprint density at radius 3 is 2.55 bits per heavy atom. The summed E-state index contributed by atoms with van der Waals surface area (Å²) in [5.74, 6) is -0.0164. The largest absolute Gasteiger partial charge is 0.474 e. The lowest BCUT2D eigenvalue weighted by Crippen LogP contribution is -2.38. The van der Waals surface area contributed by atoms with Crippen LogP contribution in [0, 0.1) is 5.92 Å². The van der Waals surface area contributed by atoms with E-state index in [0.29, 0.717) is 11.4 Å². The van der Waals surface area contributed by atoms with Gasteiger partial charge in [-0.25, -0.2) is 4.98 Å². The van der Waals surface area contributed by atoms with Crippen molar-refractivity contribution in [2.24, 2.45) is 11.7 Å². The molecular formula is C22H26N4O3. The Labute approximate surface area is 170 Å². The number of anilines is 2. The first-order chi connectivity index (χ1) is 14.1. The van der Waals surface area contributed by atoms with Gasteiger partial charge >= 0.3 is 0 Å². The van der Waals surface area contributed by atoms with Crippen LogP contribution in [-0.2, 0) is 4.79 Å². The Morgan fingerprint density at radius 1 is 1.10 bits per heavy atom. The molecule has 2 heterocycles. The molecular weight excluding hydrogens is 368 g/mol. The predicted molar refractivity (Wildman–Crippen MR) is 111 cm³/mol. The van der Waals surface area contributed by atoms with E-state index in [1.54, 1.807) is 18.3 Å². The Morgan fingerprint density at radius 2 is 1.86 bits per heavy atom. The van der Waals surface area contributed by atoms with Crippen molar-refractivity contribution in [1.82, 2.24) is 4.98 Å². The molecule has 1 aliphatic heterocycles. The average molecular weight is 394 g/mol. The van der Waals surface area contributed by atoms with Crippen LogP contribution in [-0.4, -0.2) is 36.0 Å². The predicted octanol–water partition coefficient (Wildman–Crippen LogP) is 2.97. The average Bonchev–Trinajstić information content (AvgIpc) is 2.71. The van der Waals surface area contributed by atoms with Gasteiger partial charge in [0.05, 0.1) is 11.4 Å². The molecule has 3 N–H and O–H groups in total. The third kappa shape index (κ3) is 4.50. The van der Waals surface area contributed by atoms with E-state index in [-0.39, 0.29) is 23.8 Å². The van der Waals surface area contributed by atoms with Crippen molar-refractivity contribution in [3.8, 4) is 5.88 Å². The maximum absolute atomic E-state index is 12.8. The second kappa shape index (κ2) is 8.51. The zero-order chi connectivity index (χ0) is 20.2. The number of para-hydroxylation sites is 2. The van der Waals surface area contributed by atoms with E-state index in [0.717, 1.165) is 50.1 Å². The minimum Gasteiger partial charge on any atom is -0.474 e. The van der Waals surface area contributed by atoms with Crippen molar-refractivity contribution in [3.05, 3.63) is 48.2 Å². The van der Waals surface area contributed by atoms with Gasteiger partial charge in [-0.3, -0.25) is 9.59 Å². The van der Waals surface area contributed by atoms with Gasteiger partial charge in [0.15, 0.2) is 0 Å². The number of amides is 2. The van der Waals surface area contributed by atoms with Crippen LogP contribution >= 0.6 is 0 Å². The van der Waals surface area contributed by atoms with E-state index in [2.05, 4.69) is 15.2 Å². The van der Waals surface area contributed by atoms with E-state index < -0.39 is 0 Å². The fraction of sp³-hybridized carbons (Fsp3) is 0.409. The molecule has 7 nitrogen and oxygen atoms in total. The molecule has 0 unspecified atom stereocenters. The first-order valence-electron chi connectivity index (χ1n) is 10.2. The molecule has 29 heavy (non-hydrogen) atoms. The fourth-order valence-electron chi connectivity index (χ4n) is 3.73.